The molecule has 1 amide bonds. The van der Waals surface area contributed by atoms with Gasteiger partial charge in [0.25, 0.3) is 0 Å². The maximum absolute atomic E-state index is 12.5. The van der Waals surface area contributed by atoms with Gasteiger partial charge >= 0.3 is 0 Å². The van der Waals surface area contributed by atoms with Gasteiger partial charge in [-0.15, -0.1) is 0 Å². The summed E-state index contributed by atoms with van der Waals surface area (Å²) in [5, 5.41) is 3.33. The van der Waals surface area contributed by atoms with Crippen molar-refractivity contribution in [1.82, 2.24) is 0 Å². The first-order valence-corrected chi connectivity index (χ1v) is 6.92. The zero-order valence-electron chi connectivity index (χ0n) is 11.4. The Morgan fingerprint density at radius 2 is 2.20 bits per heavy atom. The summed E-state index contributed by atoms with van der Waals surface area (Å²) in [6.45, 7) is 1.40. The molecule has 0 aliphatic carbocycles. The molecule has 0 spiro atoms. The van der Waals surface area contributed by atoms with E-state index in [1.54, 1.807) is 25.3 Å². The number of methoxy groups -OCH3 is 1. The highest BCUT2D eigenvalue weighted by atomic mass is 35.5. The van der Waals surface area contributed by atoms with Crippen LogP contribution in [0.4, 0.5) is 5.69 Å². The van der Waals surface area contributed by atoms with Crippen LogP contribution in [0.15, 0.2) is 18.2 Å². The molecule has 1 aliphatic heterocycles. The topological polar surface area (TPSA) is 73.6 Å². The number of carbonyl (C=O) groups excluding carboxylic acids is 1. The summed E-state index contributed by atoms with van der Waals surface area (Å²) in [6.07, 6.45) is 1.24. The molecule has 1 fully saturated rings. The van der Waals surface area contributed by atoms with Crippen LogP contribution in [-0.2, 0) is 9.53 Å². The van der Waals surface area contributed by atoms with Gasteiger partial charge in [-0.1, -0.05) is 11.6 Å². The van der Waals surface area contributed by atoms with Crippen molar-refractivity contribution in [2.24, 2.45) is 11.1 Å². The van der Waals surface area contributed by atoms with E-state index >= 15 is 0 Å². The van der Waals surface area contributed by atoms with Crippen LogP contribution in [0.1, 0.15) is 12.8 Å². The molecule has 1 saturated heterocycles. The highest BCUT2D eigenvalue weighted by Crippen LogP contribution is 2.33. The Labute approximate surface area is 123 Å². The maximum atomic E-state index is 12.5. The van der Waals surface area contributed by atoms with Crippen LogP contribution in [-0.4, -0.2) is 32.8 Å². The fourth-order valence-electron chi connectivity index (χ4n) is 2.27. The van der Waals surface area contributed by atoms with Gasteiger partial charge in [0.1, 0.15) is 5.75 Å². The van der Waals surface area contributed by atoms with E-state index in [0.29, 0.717) is 49.1 Å². The first-order valence-electron chi connectivity index (χ1n) is 6.54. The summed E-state index contributed by atoms with van der Waals surface area (Å²) in [5.74, 6) is 0.525. The van der Waals surface area contributed by atoms with Crippen LogP contribution in [0.25, 0.3) is 0 Å². The second-order valence-corrected chi connectivity index (χ2v) is 5.30. The number of anilines is 1. The average Bonchev–Trinajstić information content (AvgIpc) is 2.50. The molecule has 110 valence electrons. The lowest BCUT2D eigenvalue weighted by Crippen LogP contribution is -2.46. The second kappa shape index (κ2) is 6.43. The molecule has 0 radical (unpaired) electrons. The SMILES string of the molecule is COc1ccc(Cl)c(NC(=O)C2(CN)CCOCC2)c1. The minimum absolute atomic E-state index is 0.113. The van der Waals surface area contributed by atoms with Gasteiger partial charge in [0.05, 0.1) is 23.2 Å². The minimum Gasteiger partial charge on any atom is -0.497 e. The molecule has 1 aliphatic rings. The molecule has 1 aromatic rings. The number of nitrogens with two attached hydrogens (primary N) is 1. The Hall–Kier alpha value is -1.30. The quantitative estimate of drug-likeness (QED) is 0.892. The lowest BCUT2D eigenvalue weighted by molar-refractivity contribution is -0.130. The van der Waals surface area contributed by atoms with Crippen LogP contribution in [0.2, 0.25) is 5.02 Å². The third kappa shape index (κ3) is 3.06. The van der Waals surface area contributed by atoms with Gasteiger partial charge in [0.15, 0.2) is 0 Å². The molecular formula is C14H19ClN2O3. The smallest absolute Gasteiger partial charge is 0.232 e. The molecule has 6 heteroatoms. The van der Waals surface area contributed by atoms with Crippen molar-refractivity contribution < 1.29 is 14.3 Å². The number of rotatable bonds is 4. The predicted octanol–water partition coefficient (Wildman–Crippen LogP) is 2.04. The summed E-state index contributed by atoms with van der Waals surface area (Å²) in [5.41, 5.74) is 5.77. The highest BCUT2D eigenvalue weighted by Gasteiger charge is 2.39. The van der Waals surface area contributed by atoms with Gasteiger partial charge in [-0.25, -0.2) is 0 Å². The Morgan fingerprint density at radius 1 is 1.50 bits per heavy atom. The number of halogens is 1. The first-order chi connectivity index (χ1) is 9.61. The molecule has 0 unspecified atom stereocenters. The standard InChI is InChI=1S/C14H19ClN2O3/c1-19-10-2-3-11(15)12(8-10)17-13(18)14(9-16)4-6-20-7-5-14/h2-3,8H,4-7,9,16H2,1H3,(H,17,18). The van der Waals surface area contributed by atoms with Gasteiger partial charge in [-0.05, 0) is 25.0 Å². The van der Waals surface area contributed by atoms with E-state index in [0.717, 1.165) is 0 Å². The van der Waals surface area contributed by atoms with Crippen LogP contribution in [0.3, 0.4) is 0 Å². The number of amides is 1. The summed E-state index contributed by atoms with van der Waals surface area (Å²) in [6, 6.07) is 5.13. The lowest BCUT2D eigenvalue weighted by Gasteiger charge is -2.34. The van der Waals surface area contributed by atoms with Crippen molar-refractivity contribution in [2.75, 3.05) is 32.2 Å². The lowest BCUT2D eigenvalue weighted by atomic mass is 9.79. The minimum atomic E-state index is -0.579. The monoisotopic (exact) mass is 298 g/mol. The van der Waals surface area contributed by atoms with Crippen molar-refractivity contribution in [3.63, 3.8) is 0 Å². The average molecular weight is 299 g/mol. The first kappa shape index (κ1) is 15.1. The number of ether oxygens (including phenoxy) is 2. The zero-order valence-corrected chi connectivity index (χ0v) is 12.2. The molecule has 5 nitrogen and oxygen atoms in total. The van der Waals surface area contributed by atoms with Crippen molar-refractivity contribution in [3.8, 4) is 5.75 Å². The van der Waals surface area contributed by atoms with E-state index in [1.165, 1.54) is 0 Å². The van der Waals surface area contributed by atoms with Gasteiger partial charge in [-0.2, -0.15) is 0 Å². The van der Waals surface area contributed by atoms with E-state index in [9.17, 15) is 4.79 Å². The number of hydrogen-bond donors (Lipinski definition) is 2. The zero-order chi connectivity index (χ0) is 14.6. The highest BCUT2D eigenvalue weighted by molar-refractivity contribution is 6.33. The third-order valence-electron chi connectivity index (χ3n) is 3.74. The third-order valence-corrected chi connectivity index (χ3v) is 4.07. The molecular weight excluding hydrogens is 280 g/mol. The summed E-state index contributed by atoms with van der Waals surface area (Å²) in [4.78, 5) is 12.5. The number of benzene rings is 1. The van der Waals surface area contributed by atoms with Crippen molar-refractivity contribution in [2.45, 2.75) is 12.8 Å². The number of hydrogen-bond acceptors (Lipinski definition) is 4. The summed E-state index contributed by atoms with van der Waals surface area (Å²) < 4.78 is 10.4. The van der Waals surface area contributed by atoms with Gasteiger partial charge in [0, 0.05) is 25.8 Å². The summed E-state index contributed by atoms with van der Waals surface area (Å²) in [7, 11) is 1.56. The molecule has 20 heavy (non-hydrogen) atoms. The Morgan fingerprint density at radius 3 is 2.80 bits per heavy atom. The Kier molecular flexibility index (Phi) is 4.86. The van der Waals surface area contributed by atoms with Gasteiger partial charge < -0.3 is 20.5 Å². The van der Waals surface area contributed by atoms with E-state index in [2.05, 4.69) is 5.32 Å². The fourth-order valence-corrected chi connectivity index (χ4v) is 2.43. The van der Waals surface area contributed by atoms with Crippen LogP contribution >= 0.6 is 11.6 Å². The van der Waals surface area contributed by atoms with Crippen LogP contribution < -0.4 is 15.8 Å². The van der Waals surface area contributed by atoms with Crippen molar-refractivity contribution in [3.05, 3.63) is 23.2 Å². The molecule has 1 aromatic carbocycles. The van der Waals surface area contributed by atoms with E-state index < -0.39 is 5.41 Å². The summed E-state index contributed by atoms with van der Waals surface area (Å²) >= 11 is 6.10. The molecule has 0 aromatic heterocycles. The molecule has 0 bridgehead atoms. The Bertz CT molecular complexity index is 487. The predicted molar refractivity (Wildman–Crippen MR) is 78.2 cm³/mol. The van der Waals surface area contributed by atoms with Crippen LogP contribution in [0, 0.1) is 5.41 Å². The van der Waals surface area contributed by atoms with E-state index in [-0.39, 0.29) is 5.91 Å². The van der Waals surface area contributed by atoms with Crippen molar-refractivity contribution >= 4 is 23.2 Å². The molecule has 0 atom stereocenters. The maximum Gasteiger partial charge on any atom is 0.232 e. The van der Waals surface area contributed by atoms with Gasteiger partial charge in [-0.3, -0.25) is 4.79 Å². The van der Waals surface area contributed by atoms with E-state index in [4.69, 9.17) is 26.8 Å². The molecule has 1 heterocycles. The molecule has 2 rings (SSSR count). The van der Waals surface area contributed by atoms with Crippen molar-refractivity contribution in [1.29, 1.82) is 0 Å². The molecule has 3 N–H and O–H groups in total. The van der Waals surface area contributed by atoms with Gasteiger partial charge in [0.2, 0.25) is 5.91 Å². The Balaban J connectivity index is 2.18. The normalized spacial score (nSPS) is 17.6. The number of nitrogens with one attached hydrogen (secondary N) is 1. The van der Waals surface area contributed by atoms with E-state index in [1.807, 2.05) is 0 Å². The fraction of sp³-hybridized carbons (Fsp3) is 0.500. The molecule has 0 saturated carbocycles. The number of carbonyl (C=O) groups is 1. The van der Waals surface area contributed by atoms with Crippen LogP contribution in [0.5, 0.6) is 5.75 Å². The largest absolute Gasteiger partial charge is 0.497 e. The second-order valence-electron chi connectivity index (χ2n) is 4.90.